The van der Waals surface area contributed by atoms with Crippen molar-refractivity contribution in [2.75, 3.05) is 0 Å². The van der Waals surface area contributed by atoms with Crippen LogP contribution in [0.3, 0.4) is 0 Å². The summed E-state index contributed by atoms with van der Waals surface area (Å²) < 4.78 is 1.11. The first-order valence-corrected chi connectivity index (χ1v) is 7.45. The largest absolute Gasteiger partial charge is 0.303 e. The van der Waals surface area contributed by atoms with E-state index in [1.807, 2.05) is 0 Å². The molecule has 3 aliphatic rings. The summed E-state index contributed by atoms with van der Waals surface area (Å²) in [7, 11) is 0. The fourth-order valence-corrected chi connectivity index (χ4v) is 3.79. The molecular weight excluding hydrogens is 288 g/mol. The summed E-state index contributed by atoms with van der Waals surface area (Å²) in [6.07, 6.45) is 9.29. The van der Waals surface area contributed by atoms with Gasteiger partial charge in [0, 0.05) is 10.4 Å². The summed E-state index contributed by atoms with van der Waals surface area (Å²) in [5.41, 5.74) is 1.34. The molecule has 1 aromatic carbocycles. The molecule has 18 heavy (non-hydrogen) atoms. The van der Waals surface area contributed by atoms with Crippen LogP contribution in [0.4, 0.5) is 0 Å². The number of halogens is 1. The molecule has 2 bridgehead atoms. The van der Waals surface area contributed by atoms with Gasteiger partial charge < -0.3 is 4.79 Å². The van der Waals surface area contributed by atoms with Crippen LogP contribution in [0.1, 0.15) is 18.4 Å². The summed E-state index contributed by atoms with van der Waals surface area (Å²) in [5, 5.41) is 0. The van der Waals surface area contributed by atoms with Crippen LogP contribution in [-0.2, 0) is 11.2 Å². The van der Waals surface area contributed by atoms with Gasteiger partial charge in [0.2, 0.25) is 0 Å². The number of rotatable bonds is 3. The molecule has 4 rings (SSSR count). The molecule has 0 N–H and O–H groups in total. The van der Waals surface area contributed by atoms with Crippen molar-refractivity contribution in [2.24, 2.45) is 23.7 Å². The minimum atomic E-state index is 0.234. The molecule has 3 unspecified atom stereocenters. The van der Waals surface area contributed by atoms with Gasteiger partial charge in [-0.15, -0.1) is 0 Å². The Kier molecular flexibility index (Phi) is 3.38. The minimum Gasteiger partial charge on any atom is -0.303 e. The molecule has 0 spiro atoms. The first-order chi connectivity index (χ1) is 8.78. The van der Waals surface area contributed by atoms with Crippen molar-refractivity contribution in [1.29, 1.82) is 0 Å². The van der Waals surface area contributed by atoms with Crippen molar-refractivity contribution in [3.05, 3.63) is 46.5 Å². The third-order valence-corrected chi connectivity index (χ3v) is 5.05. The lowest BCUT2D eigenvalue weighted by Crippen LogP contribution is -2.38. The minimum absolute atomic E-state index is 0.234. The van der Waals surface area contributed by atoms with Crippen LogP contribution in [0.5, 0.6) is 0 Å². The van der Waals surface area contributed by atoms with Gasteiger partial charge in [0.05, 0.1) is 0 Å². The molecule has 0 amide bonds. The van der Waals surface area contributed by atoms with E-state index in [-0.39, 0.29) is 5.92 Å². The second kappa shape index (κ2) is 5.00. The Morgan fingerprint density at radius 2 is 1.78 bits per heavy atom. The van der Waals surface area contributed by atoms with Gasteiger partial charge in [0.15, 0.2) is 0 Å². The van der Waals surface area contributed by atoms with E-state index < -0.39 is 0 Å². The third kappa shape index (κ3) is 2.18. The highest BCUT2D eigenvalue weighted by atomic mass is 79.9. The Balaban J connectivity index is 1.81. The van der Waals surface area contributed by atoms with Crippen LogP contribution >= 0.6 is 15.9 Å². The van der Waals surface area contributed by atoms with Gasteiger partial charge in [-0.3, -0.25) is 0 Å². The number of carbonyl (C=O) groups is 1. The molecule has 3 aliphatic carbocycles. The predicted octanol–water partition coefficient (Wildman–Crippen LogP) is 4.02. The number of aldehydes is 1. The van der Waals surface area contributed by atoms with Gasteiger partial charge >= 0.3 is 0 Å². The first-order valence-electron chi connectivity index (χ1n) is 6.66. The van der Waals surface area contributed by atoms with Gasteiger partial charge in [0.1, 0.15) is 6.29 Å². The predicted molar refractivity (Wildman–Crippen MR) is 76.2 cm³/mol. The Morgan fingerprint density at radius 1 is 1.11 bits per heavy atom. The van der Waals surface area contributed by atoms with E-state index in [0.717, 1.165) is 10.9 Å². The van der Waals surface area contributed by atoms with Crippen LogP contribution in [0, 0.1) is 23.7 Å². The molecule has 0 aromatic heterocycles. The van der Waals surface area contributed by atoms with Crippen LogP contribution < -0.4 is 0 Å². The van der Waals surface area contributed by atoms with Crippen molar-refractivity contribution < 1.29 is 4.79 Å². The highest BCUT2D eigenvalue weighted by Gasteiger charge is 2.40. The number of hydrogen-bond donors (Lipinski definition) is 0. The molecular formula is C16H17BrO. The Labute approximate surface area is 116 Å². The Morgan fingerprint density at radius 3 is 2.39 bits per heavy atom. The lowest BCUT2D eigenvalue weighted by Gasteiger charge is -2.42. The van der Waals surface area contributed by atoms with Crippen LogP contribution in [0.25, 0.3) is 0 Å². The van der Waals surface area contributed by atoms with Gasteiger partial charge in [-0.2, -0.15) is 0 Å². The van der Waals surface area contributed by atoms with E-state index in [1.54, 1.807) is 0 Å². The number of carbonyl (C=O) groups excluding carboxylic acids is 1. The fraction of sp³-hybridized carbons (Fsp3) is 0.438. The molecule has 0 saturated heterocycles. The second-order valence-electron chi connectivity index (χ2n) is 5.50. The number of hydrogen-bond acceptors (Lipinski definition) is 1. The molecule has 1 aromatic rings. The average Bonchev–Trinajstić information content (AvgIpc) is 2.42. The van der Waals surface area contributed by atoms with Crippen LogP contribution in [0.2, 0.25) is 0 Å². The van der Waals surface area contributed by atoms with Crippen molar-refractivity contribution in [2.45, 2.75) is 19.3 Å². The van der Waals surface area contributed by atoms with E-state index in [1.165, 1.54) is 24.7 Å². The summed E-state index contributed by atoms with van der Waals surface area (Å²) >= 11 is 3.46. The maximum absolute atomic E-state index is 11.4. The summed E-state index contributed by atoms with van der Waals surface area (Å²) in [6.45, 7) is 0. The van der Waals surface area contributed by atoms with Crippen molar-refractivity contribution in [3.8, 4) is 0 Å². The standard InChI is InChI=1S/C16H17BrO/c17-14-7-1-11(2-8-14)9-15-12-3-5-13(6-4-12)16(15)10-18/h1-3,5,7-8,10,12-13,15-16H,4,6,9H2/t12?,13?,15?,16-/m0/s1. The molecule has 0 aliphatic heterocycles. The zero-order chi connectivity index (χ0) is 12.5. The average molecular weight is 305 g/mol. The molecule has 2 heteroatoms. The van der Waals surface area contributed by atoms with Crippen LogP contribution in [-0.4, -0.2) is 6.29 Å². The van der Waals surface area contributed by atoms with Gasteiger partial charge in [-0.25, -0.2) is 0 Å². The van der Waals surface area contributed by atoms with Gasteiger partial charge in [0.25, 0.3) is 0 Å². The van der Waals surface area contributed by atoms with E-state index >= 15 is 0 Å². The molecule has 1 saturated carbocycles. The molecule has 1 fully saturated rings. The number of benzene rings is 1. The first kappa shape index (κ1) is 12.2. The van der Waals surface area contributed by atoms with E-state index in [0.29, 0.717) is 17.8 Å². The maximum Gasteiger partial charge on any atom is 0.123 e. The molecule has 1 nitrogen and oxygen atoms in total. The molecule has 0 heterocycles. The molecule has 0 radical (unpaired) electrons. The van der Waals surface area contributed by atoms with Crippen molar-refractivity contribution in [1.82, 2.24) is 0 Å². The SMILES string of the molecule is O=C[C@H]1C2C=CC(CC2)C1Cc1ccc(Br)cc1. The second-order valence-corrected chi connectivity index (χ2v) is 6.41. The molecule has 94 valence electrons. The smallest absolute Gasteiger partial charge is 0.123 e. The Hall–Kier alpha value is -0.890. The molecule has 4 atom stereocenters. The zero-order valence-corrected chi connectivity index (χ0v) is 11.8. The summed E-state index contributed by atoms with van der Waals surface area (Å²) in [5.74, 6) is 1.84. The van der Waals surface area contributed by atoms with E-state index in [9.17, 15) is 4.79 Å². The van der Waals surface area contributed by atoms with Crippen LogP contribution in [0.15, 0.2) is 40.9 Å². The Bertz CT molecular complexity index is 462. The zero-order valence-electron chi connectivity index (χ0n) is 10.3. The number of fused-ring (bicyclic) bond motifs is 2. The highest BCUT2D eigenvalue weighted by Crippen LogP contribution is 2.45. The number of allylic oxidation sites excluding steroid dienone is 2. The topological polar surface area (TPSA) is 17.1 Å². The van der Waals surface area contributed by atoms with Crippen molar-refractivity contribution in [3.63, 3.8) is 0 Å². The monoisotopic (exact) mass is 304 g/mol. The quantitative estimate of drug-likeness (QED) is 0.609. The van der Waals surface area contributed by atoms with Gasteiger partial charge in [-0.1, -0.05) is 40.2 Å². The summed E-state index contributed by atoms with van der Waals surface area (Å²) in [6, 6.07) is 8.50. The third-order valence-electron chi connectivity index (χ3n) is 4.52. The fourth-order valence-electron chi connectivity index (χ4n) is 3.53. The normalized spacial score (nSPS) is 33.6. The highest BCUT2D eigenvalue weighted by molar-refractivity contribution is 9.10. The maximum atomic E-state index is 11.4. The van der Waals surface area contributed by atoms with Crippen molar-refractivity contribution >= 4 is 22.2 Å². The summed E-state index contributed by atoms with van der Waals surface area (Å²) in [4.78, 5) is 11.4. The van der Waals surface area contributed by atoms with E-state index in [4.69, 9.17) is 0 Å². The lowest BCUT2D eigenvalue weighted by molar-refractivity contribution is -0.115. The van der Waals surface area contributed by atoms with E-state index in [2.05, 4.69) is 52.3 Å². The van der Waals surface area contributed by atoms with Gasteiger partial charge in [-0.05, 0) is 54.7 Å². The lowest BCUT2D eigenvalue weighted by atomic mass is 9.61.